The monoisotopic (exact) mass is 396 g/mol. The summed E-state index contributed by atoms with van der Waals surface area (Å²) in [7, 11) is 0. The number of hydrogen-bond donors (Lipinski definition) is 4. The van der Waals surface area contributed by atoms with E-state index < -0.39 is 54.1 Å². The van der Waals surface area contributed by atoms with Crippen LogP contribution >= 0.6 is 0 Å². The van der Waals surface area contributed by atoms with E-state index in [1.807, 2.05) is 0 Å². The maximum absolute atomic E-state index is 13.1. The molecule has 0 aromatic rings. The SMILES string of the molecule is C[C@@H](O)[C@@H]1NC(=O)[C@@H]2CCCN2C(=O)[C@@H]2CCCN2C(=O)[C@H]([C@@H](C)O)NC1=O. The van der Waals surface area contributed by atoms with E-state index in [0.29, 0.717) is 38.8 Å². The van der Waals surface area contributed by atoms with Gasteiger partial charge in [0.15, 0.2) is 0 Å². The summed E-state index contributed by atoms with van der Waals surface area (Å²) in [4.78, 5) is 54.5. The Labute approximate surface area is 163 Å². The van der Waals surface area contributed by atoms with Crippen molar-refractivity contribution in [2.75, 3.05) is 13.1 Å². The Balaban J connectivity index is 1.99. The minimum absolute atomic E-state index is 0.284. The van der Waals surface area contributed by atoms with Crippen molar-refractivity contribution in [3.8, 4) is 0 Å². The molecule has 0 aliphatic carbocycles. The molecular weight excluding hydrogens is 368 g/mol. The number of amides is 4. The van der Waals surface area contributed by atoms with Gasteiger partial charge in [0, 0.05) is 13.1 Å². The number of carbonyl (C=O) groups is 4. The van der Waals surface area contributed by atoms with E-state index >= 15 is 0 Å². The van der Waals surface area contributed by atoms with E-state index in [0.717, 1.165) is 0 Å². The zero-order valence-electron chi connectivity index (χ0n) is 16.1. The van der Waals surface area contributed by atoms with Gasteiger partial charge >= 0.3 is 0 Å². The largest absolute Gasteiger partial charge is 0.391 e. The Bertz CT molecular complexity index is 662. The highest BCUT2D eigenvalue weighted by Crippen LogP contribution is 2.26. The molecule has 0 aromatic carbocycles. The lowest BCUT2D eigenvalue weighted by atomic mass is 10.0. The number of carbonyl (C=O) groups excluding carboxylic acids is 4. The van der Waals surface area contributed by atoms with Crippen molar-refractivity contribution >= 4 is 23.6 Å². The van der Waals surface area contributed by atoms with Gasteiger partial charge in [0.1, 0.15) is 24.2 Å². The topological polar surface area (TPSA) is 139 Å². The number of rotatable bonds is 2. The van der Waals surface area contributed by atoms with Gasteiger partial charge in [-0.05, 0) is 39.5 Å². The van der Waals surface area contributed by atoms with E-state index in [4.69, 9.17) is 0 Å². The van der Waals surface area contributed by atoms with Crippen LogP contribution < -0.4 is 10.6 Å². The Kier molecular flexibility index (Phi) is 5.90. The van der Waals surface area contributed by atoms with Gasteiger partial charge in [0.05, 0.1) is 12.2 Å². The number of nitrogens with zero attached hydrogens (tertiary/aromatic N) is 2. The quantitative estimate of drug-likeness (QED) is 0.414. The van der Waals surface area contributed by atoms with E-state index in [1.54, 1.807) is 0 Å². The molecule has 3 saturated heterocycles. The summed E-state index contributed by atoms with van der Waals surface area (Å²) in [5, 5.41) is 25.0. The van der Waals surface area contributed by atoms with Gasteiger partial charge in [-0.15, -0.1) is 0 Å². The summed E-state index contributed by atoms with van der Waals surface area (Å²) in [6.07, 6.45) is -0.215. The van der Waals surface area contributed by atoms with Gasteiger partial charge in [-0.3, -0.25) is 19.2 Å². The molecule has 0 unspecified atom stereocenters. The molecule has 156 valence electrons. The summed E-state index contributed by atoms with van der Waals surface area (Å²) in [5.41, 5.74) is 0. The predicted octanol–water partition coefficient (Wildman–Crippen LogP) is -2.29. The van der Waals surface area contributed by atoms with Crippen molar-refractivity contribution in [1.82, 2.24) is 20.4 Å². The fraction of sp³-hybridized carbons (Fsp3) is 0.778. The number of fused-ring (bicyclic) bond motifs is 2. The molecular formula is C18H28N4O6. The van der Waals surface area contributed by atoms with Crippen LogP contribution in [0.2, 0.25) is 0 Å². The molecule has 6 atom stereocenters. The maximum Gasteiger partial charge on any atom is 0.248 e. The lowest BCUT2D eigenvalue weighted by molar-refractivity contribution is -0.151. The fourth-order valence-corrected chi connectivity index (χ4v) is 4.25. The first-order valence-electron chi connectivity index (χ1n) is 9.80. The molecule has 3 aliphatic rings. The molecule has 4 N–H and O–H groups in total. The molecule has 10 heteroatoms. The summed E-state index contributed by atoms with van der Waals surface area (Å²) in [5.74, 6) is -2.08. The lowest BCUT2D eigenvalue weighted by Gasteiger charge is -2.35. The Morgan fingerprint density at radius 1 is 0.786 bits per heavy atom. The maximum atomic E-state index is 13.1. The molecule has 0 aromatic heterocycles. The normalized spacial score (nSPS) is 34.0. The van der Waals surface area contributed by atoms with Gasteiger partial charge in [-0.2, -0.15) is 0 Å². The van der Waals surface area contributed by atoms with Gasteiger partial charge in [-0.25, -0.2) is 0 Å². The molecule has 3 aliphatic heterocycles. The van der Waals surface area contributed by atoms with Crippen molar-refractivity contribution in [2.24, 2.45) is 0 Å². The second-order valence-corrected chi connectivity index (χ2v) is 7.83. The zero-order chi connectivity index (χ0) is 20.6. The highest BCUT2D eigenvalue weighted by molar-refractivity contribution is 5.98. The first-order valence-corrected chi connectivity index (χ1v) is 9.80. The van der Waals surface area contributed by atoms with Gasteiger partial charge in [0.25, 0.3) is 0 Å². The standard InChI is InChI=1S/C18H28N4O6/c1-9(23)13-16(26)20-14(10(2)24)18(28)22-8-4-6-12(22)17(27)21-7-3-5-11(21)15(25)19-13/h9-14,23-24H,3-8H2,1-2H3,(H,19,25)(H,20,26)/t9-,10-,11+,12+,13+,14+/m1/s1. The number of aliphatic hydroxyl groups excluding tert-OH is 2. The molecule has 0 spiro atoms. The number of hydrogen-bond acceptors (Lipinski definition) is 6. The average Bonchev–Trinajstić information content (AvgIpc) is 3.30. The Morgan fingerprint density at radius 2 is 1.29 bits per heavy atom. The molecule has 10 nitrogen and oxygen atoms in total. The third kappa shape index (κ3) is 3.70. The minimum Gasteiger partial charge on any atom is -0.391 e. The second kappa shape index (κ2) is 8.04. The van der Waals surface area contributed by atoms with Crippen molar-refractivity contribution in [3.05, 3.63) is 0 Å². The van der Waals surface area contributed by atoms with Crippen LogP contribution in [0, 0.1) is 0 Å². The van der Waals surface area contributed by atoms with Crippen LogP contribution in [-0.4, -0.2) is 93.1 Å². The smallest absolute Gasteiger partial charge is 0.248 e. The summed E-state index contributed by atoms with van der Waals surface area (Å²) in [6.45, 7) is 3.47. The van der Waals surface area contributed by atoms with Gasteiger partial charge < -0.3 is 30.6 Å². The van der Waals surface area contributed by atoms with Gasteiger partial charge in [0.2, 0.25) is 23.6 Å². The average molecular weight is 396 g/mol. The van der Waals surface area contributed by atoms with E-state index in [1.165, 1.54) is 23.6 Å². The lowest BCUT2D eigenvalue weighted by Crippen LogP contribution is -2.64. The molecule has 28 heavy (non-hydrogen) atoms. The minimum atomic E-state index is -1.30. The first-order chi connectivity index (χ1) is 13.2. The third-order valence-electron chi connectivity index (χ3n) is 5.77. The molecule has 4 amide bonds. The third-order valence-corrected chi connectivity index (χ3v) is 5.77. The highest BCUT2D eigenvalue weighted by Gasteiger charge is 2.46. The molecule has 3 fully saturated rings. The van der Waals surface area contributed by atoms with Crippen LogP contribution in [0.5, 0.6) is 0 Å². The van der Waals surface area contributed by atoms with Crippen molar-refractivity contribution in [3.63, 3.8) is 0 Å². The number of nitrogens with one attached hydrogen (secondary N) is 2. The predicted molar refractivity (Wildman–Crippen MR) is 96.7 cm³/mol. The van der Waals surface area contributed by atoms with E-state index in [2.05, 4.69) is 10.6 Å². The molecule has 3 rings (SSSR count). The van der Waals surface area contributed by atoms with Gasteiger partial charge in [-0.1, -0.05) is 0 Å². The summed E-state index contributed by atoms with van der Waals surface area (Å²) in [6, 6.07) is -4.00. The Morgan fingerprint density at radius 3 is 1.86 bits per heavy atom. The zero-order valence-corrected chi connectivity index (χ0v) is 16.1. The van der Waals surface area contributed by atoms with Crippen LogP contribution in [0.1, 0.15) is 39.5 Å². The van der Waals surface area contributed by atoms with Crippen LogP contribution in [0.3, 0.4) is 0 Å². The molecule has 0 bridgehead atoms. The van der Waals surface area contributed by atoms with Crippen LogP contribution in [0.25, 0.3) is 0 Å². The molecule has 3 heterocycles. The van der Waals surface area contributed by atoms with Crippen molar-refractivity contribution < 1.29 is 29.4 Å². The fourth-order valence-electron chi connectivity index (χ4n) is 4.25. The van der Waals surface area contributed by atoms with Crippen LogP contribution in [-0.2, 0) is 19.2 Å². The van der Waals surface area contributed by atoms with E-state index in [-0.39, 0.29) is 5.91 Å². The highest BCUT2D eigenvalue weighted by atomic mass is 16.3. The molecule has 0 saturated carbocycles. The summed E-state index contributed by atoms with van der Waals surface area (Å²) >= 11 is 0. The second-order valence-electron chi connectivity index (χ2n) is 7.83. The summed E-state index contributed by atoms with van der Waals surface area (Å²) < 4.78 is 0. The van der Waals surface area contributed by atoms with Crippen LogP contribution in [0.4, 0.5) is 0 Å². The van der Waals surface area contributed by atoms with Crippen molar-refractivity contribution in [1.29, 1.82) is 0 Å². The van der Waals surface area contributed by atoms with E-state index in [9.17, 15) is 29.4 Å². The molecule has 0 radical (unpaired) electrons. The van der Waals surface area contributed by atoms with Crippen LogP contribution in [0.15, 0.2) is 0 Å². The first kappa shape index (κ1) is 20.5. The van der Waals surface area contributed by atoms with Crippen molar-refractivity contribution in [2.45, 2.75) is 75.9 Å². The Hall–Kier alpha value is -2.20. The number of aliphatic hydroxyl groups is 2.